The Hall–Kier alpha value is -1.35. The molecule has 2 saturated carbocycles. The number of benzene rings is 1. The van der Waals surface area contributed by atoms with Gasteiger partial charge in [0.15, 0.2) is 0 Å². The molecule has 0 aliphatic heterocycles. The summed E-state index contributed by atoms with van der Waals surface area (Å²) in [5.74, 6) is 1.15. The normalized spacial score (nSPS) is 37.0. The van der Waals surface area contributed by atoms with Crippen molar-refractivity contribution in [3.63, 3.8) is 0 Å². The molecule has 0 aromatic heterocycles. The molecule has 3 rings (SSSR count). The van der Waals surface area contributed by atoms with Crippen LogP contribution in [0.3, 0.4) is 0 Å². The van der Waals surface area contributed by atoms with E-state index in [2.05, 4.69) is 5.16 Å². The van der Waals surface area contributed by atoms with Gasteiger partial charge in [-0.3, -0.25) is 0 Å². The fourth-order valence-corrected chi connectivity index (χ4v) is 3.86. The second kappa shape index (κ2) is 4.97. The van der Waals surface area contributed by atoms with Gasteiger partial charge in [0.25, 0.3) is 0 Å². The van der Waals surface area contributed by atoms with Gasteiger partial charge in [0.2, 0.25) is 0 Å². The lowest BCUT2D eigenvalue weighted by atomic mass is 9.63. The van der Waals surface area contributed by atoms with Crippen LogP contribution in [0.5, 0.6) is 0 Å². The lowest BCUT2D eigenvalue weighted by Gasteiger charge is -2.44. The first kappa shape index (κ1) is 12.7. The van der Waals surface area contributed by atoms with Crippen LogP contribution in [0.4, 0.5) is 0 Å². The first-order valence-corrected chi connectivity index (χ1v) is 7.23. The molecule has 2 aliphatic carbocycles. The zero-order valence-corrected chi connectivity index (χ0v) is 11.1. The molecule has 0 radical (unpaired) electrons. The Bertz CT molecular complexity index is 471. The molecule has 0 heterocycles. The van der Waals surface area contributed by atoms with Crippen molar-refractivity contribution >= 4 is 5.71 Å². The van der Waals surface area contributed by atoms with Crippen molar-refractivity contribution < 1.29 is 10.3 Å². The Morgan fingerprint density at radius 2 is 1.74 bits per heavy atom. The smallest absolute Gasteiger partial charge is 0.131 e. The van der Waals surface area contributed by atoms with Gasteiger partial charge in [-0.15, -0.1) is 0 Å². The van der Waals surface area contributed by atoms with Crippen LogP contribution in [0, 0.1) is 11.8 Å². The van der Waals surface area contributed by atoms with Crippen LogP contribution >= 0.6 is 0 Å². The van der Waals surface area contributed by atoms with E-state index in [0.717, 1.165) is 12.0 Å². The standard InChI is InChI=1S/C16H21NO2/c18-16(14-8-2-1-3-9-14)11-13-7-5-4-6-12(13)10-15(16)17-19/h1-3,8-9,12-13,18-19H,4-7,10-11H2/b17-15+/t12-,13-,16-/m0/s1. The molecule has 1 aromatic rings. The van der Waals surface area contributed by atoms with Gasteiger partial charge in [0.1, 0.15) is 5.60 Å². The third-order valence-electron chi connectivity index (χ3n) is 4.93. The fraction of sp³-hybridized carbons (Fsp3) is 0.562. The summed E-state index contributed by atoms with van der Waals surface area (Å²) in [5, 5.41) is 23.8. The van der Waals surface area contributed by atoms with Crippen LogP contribution in [0.25, 0.3) is 0 Å². The Kier molecular flexibility index (Phi) is 3.31. The van der Waals surface area contributed by atoms with Crippen LogP contribution < -0.4 is 0 Å². The SMILES string of the molecule is O/N=C1\C[C@@H]2CCCC[C@H]2C[C@]1(O)c1ccccc1. The van der Waals surface area contributed by atoms with Crippen LogP contribution in [0.1, 0.15) is 44.1 Å². The molecular formula is C16H21NO2. The Morgan fingerprint density at radius 1 is 1.05 bits per heavy atom. The van der Waals surface area contributed by atoms with Crippen LogP contribution in [0.2, 0.25) is 0 Å². The summed E-state index contributed by atoms with van der Waals surface area (Å²) < 4.78 is 0. The summed E-state index contributed by atoms with van der Waals surface area (Å²) in [6, 6.07) is 9.64. The van der Waals surface area contributed by atoms with E-state index < -0.39 is 5.60 Å². The van der Waals surface area contributed by atoms with Gasteiger partial charge in [-0.05, 0) is 36.7 Å². The molecule has 2 N–H and O–H groups in total. The van der Waals surface area contributed by atoms with E-state index in [0.29, 0.717) is 24.0 Å². The van der Waals surface area contributed by atoms with E-state index >= 15 is 0 Å². The highest BCUT2D eigenvalue weighted by Gasteiger charge is 2.46. The van der Waals surface area contributed by atoms with Crippen molar-refractivity contribution in [2.75, 3.05) is 0 Å². The van der Waals surface area contributed by atoms with Gasteiger partial charge in [-0.25, -0.2) is 0 Å². The molecule has 3 heteroatoms. The molecule has 0 saturated heterocycles. The average Bonchev–Trinajstić information content (AvgIpc) is 2.47. The Balaban J connectivity index is 1.95. The molecule has 19 heavy (non-hydrogen) atoms. The van der Waals surface area contributed by atoms with Crippen LogP contribution in [-0.2, 0) is 5.60 Å². The second-order valence-electron chi connectivity index (χ2n) is 5.99. The Labute approximate surface area is 114 Å². The minimum absolute atomic E-state index is 0.543. The van der Waals surface area contributed by atoms with E-state index in [-0.39, 0.29) is 0 Å². The van der Waals surface area contributed by atoms with Crippen molar-refractivity contribution in [3.8, 4) is 0 Å². The maximum absolute atomic E-state index is 11.1. The van der Waals surface area contributed by atoms with Crippen LogP contribution in [0.15, 0.2) is 35.5 Å². The molecule has 1 aromatic carbocycles. The molecule has 2 aliphatic rings. The summed E-state index contributed by atoms with van der Waals surface area (Å²) in [7, 11) is 0. The fourth-order valence-electron chi connectivity index (χ4n) is 3.86. The van der Waals surface area contributed by atoms with E-state index in [1.807, 2.05) is 30.3 Å². The maximum atomic E-state index is 11.1. The number of nitrogens with zero attached hydrogens (tertiary/aromatic N) is 1. The molecule has 3 nitrogen and oxygen atoms in total. The third kappa shape index (κ3) is 2.16. The molecule has 0 spiro atoms. The van der Waals surface area contributed by atoms with Crippen molar-refractivity contribution in [1.29, 1.82) is 0 Å². The number of fused-ring (bicyclic) bond motifs is 1. The number of oxime groups is 1. The minimum atomic E-state index is -1.07. The first-order chi connectivity index (χ1) is 9.24. The zero-order valence-electron chi connectivity index (χ0n) is 11.1. The summed E-state index contributed by atoms with van der Waals surface area (Å²) in [6.07, 6.45) is 6.35. The van der Waals surface area contributed by atoms with E-state index in [9.17, 15) is 10.3 Å². The van der Waals surface area contributed by atoms with Crippen molar-refractivity contribution in [2.45, 2.75) is 44.1 Å². The van der Waals surface area contributed by atoms with Crippen molar-refractivity contribution in [2.24, 2.45) is 17.0 Å². The second-order valence-corrected chi connectivity index (χ2v) is 5.99. The minimum Gasteiger partial charge on any atom is -0.411 e. The van der Waals surface area contributed by atoms with Crippen molar-refractivity contribution in [1.82, 2.24) is 0 Å². The predicted molar refractivity (Wildman–Crippen MR) is 74.2 cm³/mol. The van der Waals surface area contributed by atoms with Gasteiger partial charge in [-0.2, -0.15) is 0 Å². The number of rotatable bonds is 1. The topological polar surface area (TPSA) is 52.8 Å². The highest BCUT2D eigenvalue weighted by atomic mass is 16.4. The number of hydrogen-bond donors (Lipinski definition) is 2. The van der Waals surface area contributed by atoms with Gasteiger partial charge >= 0.3 is 0 Å². The van der Waals surface area contributed by atoms with Gasteiger partial charge < -0.3 is 10.3 Å². The molecule has 0 bridgehead atoms. The van der Waals surface area contributed by atoms with E-state index in [4.69, 9.17) is 0 Å². The molecule has 3 atom stereocenters. The lowest BCUT2D eigenvalue weighted by molar-refractivity contribution is 0.0305. The van der Waals surface area contributed by atoms with E-state index in [1.54, 1.807) is 0 Å². The zero-order chi connectivity index (χ0) is 13.3. The molecule has 2 fully saturated rings. The number of aliphatic hydroxyl groups is 1. The highest BCUT2D eigenvalue weighted by molar-refractivity contribution is 5.93. The third-order valence-corrected chi connectivity index (χ3v) is 4.93. The lowest BCUT2D eigenvalue weighted by Crippen LogP contribution is -2.46. The Morgan fingerprint density at radius 3 is 2.42 bits per heavy atom. The first-order valence-electron chi connectivity index (χ1n) is 7.23. The largest absolute Gasteiger partial charge is 0.411 e. The monoisotopic (exact) mass is 259 g/mol. The summed E-state index contributed by atoms with van der Waals surface area (Å²) in [4.78, 5) is 0. The van der Waals surface area contributed by atoms with Gasteiger partial charge in [0, 0.05) is 0 Å². The van der Waals surface area contributed by atoms with Crippen molar-refractivity contribution in [3.05, 3.63) is 35.9 Å². The molecule has 0 unspecified atom stereocenters. The predicted octanol–water partition coefficient (Wildman–Crippen LogP) is 3.30. The maximum Gasteiger partial charge on any atom is 0.131 e. The summed E-state index contributed by atoms with van der Waals surface area (Å²) in [5.41, 5.74) is 0.322. The van der Waals surface area contributed by atoms with Crippen LogP contribution in [-0.4, -0.2) is 16.0 Å². The molecular weight excluding hydrogens is 238 g/mol. The highest BCUT2D eigenvalue weighted by Crippen LogP contribution is 2.46. The van der Waals surface area contributed by atoms with E-state index in [1.165, 1.54) is 25.7 Å². The quantitative estimate of drug-likeness (QED) is 0.600. The summed E-state index contributed by atoms with van der Waals surface area (Å²) >= 11 is 0. The van der Waals surface area contributed by atoms with Gasteiger partial charge in [0.05, 0.1) is 5.71 Å². The summed E-state index contributed by atoms with van der Waals surface area (Å²) in [6.45, 7) is 0. The molecule has 0 amide bonds. The average molecular weight is 259 g/mol. The number of hydrogen-bond acceptors (Lipinski definition) is 3. The molecule has 102 valence electrons. The van der Waals surface area contributed by atoms with Gasteiger partial charge in [-0.1, -0.05) is 54.8 Å².